The van der Waals surface area contributed by atoms with Gasteiger partial charge in [-0.3, -0.25) is 0 Å². The van der Waals surface area contributed by atoms with Crippen LogP contribution in [0.1, 0.15) is 19.8 Å². The van der Waals surface area contributed by atoms with Gasteiger partial charge in [0.1, 0.15) is 0 Å². The summed E-state index contributed by atoms with van der Waals surface area (Å²) in [6.07, 6.45) is 5.63. The molecule has 13 heavy (non-hydrogen) atoms. The molecule has 1 aliphatic rings. The Hall–Kier alpha value is -0.830. The fourth-order valence-corrected chi connectivity index (χ4v) is 1.60. The van der Waals surface area contributed by atoms with Crippen molar-refractivity contribution in [2.45, 2.75) is 25.9 Å². The minimum absolute atomic E-state index is 0.255. The maximum Gasteiger partial charge on any atom is 0.0855 e. The van der Waals surface area contributed by atoms with Crippen molar-refractivity contribution in [2.24, 2.45) is 17.0 Å². The number of oxime groups is 1. The van der Waals surface area contributed by atoms with E-state index in [1.54, 1.807) is 0 Å². The molecule has 3 atom stereocenters. The van der Waals surface area contributed by atoms with Gasteiger partial charge in [0, 0.05) is 0 Å². The van der Waals surface area contributed by atoms with Gasteiger partial charge in [-0.2, -0.15) is 0 Å². The highest BCUT2D eigenvalue weighted by molar-refractivity contribution is 5.57. The van der Waals surface area contributed by atoms with Gasteiger partial charge in [0.15, 0.2) is 0 Å². The van der Waals surface area contributed by atoms with Crippen molar-refractivity contribution < 1.29 is 9.94 Å². The Bertz CT molecular complexity index is 191. The summed E-state index contributed by atoms with van der Waals surface area (Å²) in [5.41, 5.74) is 0. The Labute approximate surface area is 79.1 Å². The molecule has 0 saturated heterocycles. The molecule has 1 aliphatic carbocycles. The van der Waals surface area contributed by atoms with Crippen molar-refractivity contribution in [3.63, 3.8) is 0 Å². The highest BCUT2D eigenvalue weighted by Crippen LogP contribution is 2.42. The van der Waals surface area contributed by atoms with E-state index in [2.05, 4.69) is 18.7 Å². The molecule has 1 rings (SSSR count). The Morgan fingerprint density at radius 3 is 2.92 bits per heavy atom. The molecule has 3 nitrogen and oxygen atoms in total. The Balaban J connectivity index is 2.25. The van der Waals surface area contributed by atoms with E-state index in [4.69, 9.17) is 9.94 Å². The van der Waals surface area contributed by atoms with Crippen LogP contribution in [0.15, 0.2) is 17.8 Å². The van der Waals surface area contributed by atoms with Gasteiger partial charge in [-0.15, -0.1) is 6.58 Å². The maximum absolute atomic E-state index is 8.18. The average molecular weight is 183 g/mol. The lowest BCUT2D eigenvalue weighted by atomic mass is 10.1. The molecule has 0 aromatic rings. The summed E-state index contributed by atoms with van der Waals surface area (Å²) < 4.78 is 5.54. The Kier molecular flexibility index (Phi) is 3.96. The van der Waals surface area contributed by atoms with E-state index < -0.39 is 0 Å². The van der Waals surface area contributed by atoms with Crippen LogP contribution in [0.3, 0.4) is 0 Å². The topological polar surface area (TPSA) is 41.8 Å². The molecule has 0 amide bonds. The van der Waals surface area contributed by atoms with Crippen molar-refractivity contribution in [2.75, 3.05) is 6.61 Å². The zero-order chi connectivity index (χ0) is 9.68. The number of rotatable bonds is 6. The van der Waals surface area contributed by atoms with Crippen LogP contribution in [-0.4, -0.2) is 24.1 Å². The summed E-state index contributed by atoms with van der Waals surface area (Å²) in [6.45, 7) is 6.31. The van der Waals surface area contributed by atoms with Crippen LogP contribution in [0, 0.1) is 11.8 Å². The van der Waals surface area contributed by atoms with Crippen molar-refractivity contribution in [3.05, 3.63) is 12.7 Å². The summed E-state index contributed by atoms with van der Waals surface area (Å²) in [5.74, 6) is 1.45. The lowest BCUT2D eigenvalue weighted by molar-refractivity contribution is 0.0643. The summed E-state index contributed by atoms with van der Waals surface area (Å²) >= 11 is 0. The van der Waals surface area contributed by atoms with E-state index in [0.717, 1.165) is 12.3 Å². The number of hydrogen-bond donors (Lipinski definition) is 1. The number of ether oxygens (including phenoxy) is 1. The van der Waals surface area contributed by atoms with Crippen LogP contribution in [0.25, 0.3) is 0 Å². The molecule has 1 saturated carbocycles. The molecule has 0 heterocycles. The third-order valence-corrected chi connectivity index (χ3v) is 2.51. The first-order chi connectivity index (χ1) is 6.29. The summed E-state index contributed by atoms with van der Waals surface area (Å²) in [4.78, 5) is 0. The molecule has 0 aliphatic heterocycles. The van der Waals surface area contributed by atoms with Crippen molar-refractivity contribution in [1.82, 2.24) is 0 Å². The van der Waals surface area contributed by atoms with E-state index in [1.165, 1.54) is 12.6 Å². The van der Waals surface area contributed by atoms with E-state index in [1.807, 2.05) is 6.08 Å². The standard InChI is InChI=1S/C10H17NO2/c1-3-4-10(9-7-8(9)2)13-6-5-11-12/h3,5,8-10,12H,1,4,6-7H2,2H3. The van der Waals surface area contributed by atoms with Gasteiger partial charge >= 0.3 is 0 Å². The largest absolute Gasteiger partial charge is 0.411 e. The second-order valence-corrected chi connectivity index (χ2v) is 3.57. The van der Waals surface area contributed by atoms with Crippen molar-refractivity contribution in [3.8, 4) is 0 Å². The number of hydrogen-bond acceptors (Lipinski definition) is 3. The second kappa shape index (κ2) is 5.02. The Morgan fingerprint density at radius 1 is 1.77 bits per heavy atom. The monoisotopic (exact) mass is 183 g/mol. The summed E-state index contributed by atoms with van der Waals surface area (Å²) in [6, 6.07) is 0. The van der Waals surface area contributed by atoms with E-state index in [9.17, 15) is 0 Å². The summed E-state index contributed by atoms with van der Waals surface area (Å²) in [7, 11) is 0. The molecular formula is C10H17NO2. The van der Waals surface area contributed by atoms with E-state index >= 15 is 0 Å². The normalized spacial score (nSPS) is 29.0. The molecule has 3 heteroatoms. The molecule has 0 aromatic heterocycles. The van der Waals surface area contributed by atoms with Crippen LogP contribution in [0.5, 0.6) is 0 Å². The Morgan fingerprint density at radius 2 is 2.46 bits per heavy atom. The first kappa shape index (κ1) is 10.3. The predicted octanol–water partition coefficient (Wildman–Crippen LogP) is 2.06. The van der Waals surface area contributed by atoms with E-state index in [-0.39, 0.29) is 6.10 Å². The molecule has 0 spiro atoms. The first-order valence-corrected chi connectivity index (χ1v) is 4.68. The zero-order valence-corrected chi connectivity index (χ0v) is 8.02. The highest BCUT2D eigenvalue weighted by Gasteiger charge is 2.39. The van der Waals surface area contributed by atoms with Crippen molar-refractivity contribution in [1.29, 1.82) is 0 Å². The molecule has 1 N–H and O–H groups in total. The quantitative estimate of drug-likeness (QED) is 0.296. The molecule has 74 valence electrons. The fourth-order valence-electron chi connectivity index (χ4n) is 1.60. The van der Waals surface area contributed by atoms with Gasteiger partial charge in [0.25, 0.3) is 0 Å². The zero-order valence-electron chi connectivity index (χ0n) is 8.02. The van der Waals surface area contributed by atoms with Gasteiger partial charge in [0.05, 0.1) is 18.9 Å². The van der Waals surface area contributed by atoms with Gasteiger partial charge in [-0.1, -0.05) is 18.2 Å². The van der Waals surface area contributed by atoms with Gasteiger partial charge in [-0.05, 0) is 24.7 Å². The third-order valence-electron chi connectivity index (χ3n) is 2.51. The minimum Gasteiger partial charge on any atom is -0.411 e. The molecule has 0 radical (unpaired) electrons. The first-order valence-electron chi connectivity index (χ1n) is 4.68. The number of nitrogens with zero attached hydrogens (tertiary/aromatic N) is 1. The second-order valence-electron chi connectivity index (χ2n) is 3.57. The van der Waals surface area contributed by atoms with Crippen molar-refractivity contribution >= 4 is 6.21 Å². The lowest BCUT2D eigenvalue weighted by Crippen LogP contribution is -2.16. The van der Waals surface area contributed by atoms with E-state index in [0.29, 0.717) is 12.5 Å². The van der Waals surface area contributed by atoms with Crippen LogP contribution in [0.4, 0.5) is 0 Å². The highest BCUT2D eigenvalue weighted by atomic mass is 16.5. The maximum atomic E-state index is 8.18. The fraction of sp³-hybridized carbons (Fsp3) is 0.700. The summed E-state index contributed by atoms with van der Waals surface area (Å²) in [5, 5.41) is 11.1. The lowest BCUT2D eigenvalue weighted by Gasteiger charge is -2.14. The minimum atomic E-state index is 0.255. The van der Waals surface area contributed by atoms with Crippen LogP contribution < -0.4 is 0 Å². The van der Waals surface area contributed by atoms with Crippen LogP contribution >= 0.6 is 0 Å². The third kappa shape index (κ3) is 3.19. The smallest absolute Gasteiger partial charge is 0.0855 e. The predicted molar refractivity (Wildman–Crippen MR) is 52.1 cm³/mol. The molecule has 1 fully saturated rings. The van der Waals surface area contributed by atoms with Crippen LogP contribution in [0.2, 0.25) is 0 Å². The SMILES string of the molecule is C=CCC(OCC=NO)C1CC1C. The van der Waals surface area contributed by atoms with Crippen LogP contribution in [-0.2, 0) is 4.74 Å². The van der Waals surface area contributed by atoms with Gasteiger partial charge in [0.2, 0.25) is 0 Å². The van der Waals surface area contributed by atoms with Gasteiger partial charge < -0.3 is 9.94 Å². The molecule has 0 aromatic carbocycles. The molecule has 3 unspecified atom stereocenters. The molecule has 0 bridgehead atoms. The average Bonchev–Trinajstić information content (AvgIpc) is 2.82. The van der Waals surface area contributed by atoms with Gasteiger partial charge in [-0.25, -0.2) is 0 Å². The molecular weight excluding hydrogens is 166 g/mol.